The number of hydrogen-bond acceptors (Lipinski definition) is 8. The van der Waals surface area contributed by atoms with Gasteiger partial charge in [0, 0.05) is 23.8 Å². The summed E-state index contributed by atoms with van der Waals surface area (Å²) in [5.41, 5.74) is 1.43. The van der Waals surface area contributed by atoms with Gasteiger partial charge >= 0.3 is 5.97 Å². The van der Waals surface area contributed by atoms with Crippen molar-refractivity contribution in [2.45, 2.75) is 19.9 Å². The number of fused-ring (bicyclic) bond motifs is 1. The first-order valence-electron chi connectivity index (χ1n) is 11.6. The van der Waals surface area contributed by atoms with E-state index >= 15 is 0 Å². The number of nitrogens with zero attached hydrogens (tertiary/aromatic N) is 3. The van der Waals surface area contributed by atoms with Crippen LogP contribution in [0.25, 0.3) is 17.4 Å². The Kier molecular flexibility index (Phi) is 6.83. The third-order valence-corrected chi connectivity index (χ3v) is 7.27. The maximum atomic E-state index is 13.7. The number of thiazole rings is 1. The number of rotatable bonds is 6. The van der Waals surface area contributed by atoms with Crippen molar-refractivity contribution in [3.05, 3.63) is 118 Å². The van der Waals surface area contributed by atoms with Crippen molar-refractivity contribution in [2.75, 3.05) is 6.61 Å². The van der Waals surface area contributed by atoms with E-state index in [1.807, 2.05) is 30.3 Å². The molecular formula is C27H20ClN3O6S. The summed E-state index contributed by atoms with van der Waals surface area (Å²) in [5, 5.41) is 11.5. The molecule has 4 aromatic rings. The average Bonchev–Trinajstić information content (AvgIpc) is 3.48. The number of nitro groups is 1. The molecule has 0 spiro atoms. The van der Waals surface area contributed by atoms with Crippen molar-refractivity contribution in [1.82, 2.24) is 4.57 Å². The molecule has 5 rings (SSSR count). The van der Waals surface area contributed by atoms with Crippen LogP contribution in [0.4, 0.5) is 5.69 Å². The molecule has 0 saturated carbocycles. The zero-order chi connectivity index (χ0) is 27.0. The van der Waals surface area contributed by atoms with Crippen LogP contribution >= 0.6 is 22.9 Å². The number of hydrogen-bond donors (Lipinski definition) is 0. The predicted molar refractivity (Wildman–Crippen MR) is 143 cm³/mol. The van der Waals surface area contributed by atoms with Gasteiger partial charge in [0.25, 0.3) is 11.2 Å². The summed E-state index contributed by atoms with van der Waals surface area (Å²) in [7, 11) is 0. The number of nitro benzene ring substituents is 1. The van der Waals surface area contributed by atoms with E-state index in [0.29, 0.717) is 42.7 Å². The smallest absolute Gasteiger partial charge is 0.338 e. The molecule has 2 aromatic heterocycles. The van der Waals surface area contributed by atoms with Gasteiger partial charge in [-0.3, -0.25) is 19.5 Å². The number of benzene rings is 2. The standard InChI is InChI=1S/C27H20ClN3O6S/c1-3-36-26(33)23-15(2)29-27-30(24(23)16-7-5-4-6-8-16)25(32)22(38-27)14-18-10-12-21(37-18)19-13-17(31(34)35)9-11-20(19)28/h4-14,24H,3H2,1-2H3/b22-14-/t24-/m1/s1. The van der Waals surface area contributed by atoms with Gasteiger partial charge in [-0.15, -0.1) is 0 Å². The van der Waals surface area contributed by atoms with Gasteiger partial charge in [0.05, 0.1) is 38.4 Å². The van der Waals surface area contributed by atoms with E-state index in [0.717, 1.165) is 5.56 Å². The Balaban J connectivity index is 1.62. The van der Waals surface area contributed by atoms with Gasteiger partial charge in [-0.1, -0.05) is 53.3 Å². The Morgan fingerprint density at radius 2 is 2.00 bits per heavy atom. The lowest BCUT2D eigenvalue weighted by atomic mass is 9.96. The highest BCUT2D eigenvalue weighted by molar-refractivity contribution is 7.07. The Morgan fingerprint density at radius 1 is 1.24 bits per heavy atom. The minimum Gasteiger partial charge on any atom is -0.463 e. The quantitative estimate of drug-likeness (QED) is 0.197. The van der Waals surface area contributed by atoms with Crippen LogP contribution in [0, 0.1) is 10.1 Å². The van der Waals surface area contributed by atoms with Gasteiger partial charge in [0.2, 0.25) is 0 Å². The number of carbonyl (C=O) groups is 1. The van der Waals surface area contributed by atoms with Crippen LogP contribution in [0.2, 0.25) is 5.02 Å². The van der Waals surface area contributed by atoms with Crippen molar-refractivity contribution in [1.29, 1.82) is 0 Å². The van der Waals surface area contributed by atoms with E-state index < -0.39 is 16.9 Å². The van der Waals surface area contributed by atoms with Crippen LogP contribution in [0.15, 0.2) is 86.1 Å². The number of ether oxygens (including phenoxy) is 1. The first-order chi connectivity index (χ1) is 18.3. The number of halogens is 1. The number of esters is 1. The number of non-ortho nitro benzene ring substituents is 1. The summed E-state index contributed by atoms with van der Waals surface area (Å²) in [6, 6.07) is 15.9. The molecule has 11 heteroatoms. The second-order valence-corrected chi connectivity index (χ2v) is 9.75. The maximum absolute atomic E-state index is 13.7. The van der Waals surface area contributed by atoms with Crippen molar-refractivity contribution >= 4 is 40.7 Å². The molecule has 0 unspecified atom stereocenters. The zero-order valence-electron chi connectivity index (χ0n) is 20.2. The molecule has 0 saturated heterocycles. The van der Waals surface area contributed by atoms with Crippen LogP contribution in [0.1, 0.15) is 31.2 Å². The van der Waals surface area contributed by atoms with Crippen molar-refractivity contribution in [3.8, 4) is 11.3 Å². The van der Waals surface area contributed by atoms with Crippen LogP contribution in [-0.4, -0.2) is 22.1 Å². The lowest BCUT2D eigenvalue weighted by Gasteiger charge is -2.24. The Labute approximate surface area is 224 Å². The fraction of sp³-hybridized carbons (Fsp3) is 0.148. The summed E-state index contributed by atoms with van der Waals surface area (Å²) < 4.78 is 13.0. The predicted octanol–water partition coefficient (Wildman–Crippen LogP) is 4.62. The number of carbonyl (C=O) groups excluding carboxylic acids is 1. The number of allylic oxidation sites excluding steroid dienone is 1. The molecule has 3 heterocycles. The monoisotopic (exact) mass is 549 g/mol. The summed E-state index contributed by atoms with van der Waals surface area (Å²) >= 11 is 7.42. The molecule has 1 aliphatic rings. The third kappa shape index (κ3) is 4.59. The van der Waals surface area contributed by atoms with Gasteiger partial charge in [0.15, 0.2) is 4.80 Å². The lowest BCUT2D eigenvalue weighted by Crippen LogP contribution is -2.39. The van der Waals surface area contributed by atoms with Gasteiger partial charge < -0.3 is 9.15 Å². The molecular weight excluding hydrogens is 530 g/mol. The normalized spacial score (nSPS) is 15.2. The minimum atomic E-state index is -0.704. The third-order valence-electron chi connectivity index (χ3n) is 5.96. The summed E-state index contributed by atoms with van der Waals surface area (Å²) in [6.45, 7) is 3.64. The minimum absolute atomic E-state index is 0.121. The molecule has 1 atom stereocenters. The molecule has 1 aliphatic heterocycles. The fourth-order valence-electron chi connectivity index (χ4n) is 4.26. The molecule has 0 bridgehead atoms. The Hall–Kier alpha value is -4.28. The van der Waals surface area contributed by atoms with E-state index in [1.165, 1.54) is 34.1 Å². The second-order valence-electron chi connectivity index (χ2n) is 8.34. The molecule has 38 heavy (non-hydrogen) atoms. The van der Waals surface area contributed by atoms with Crippen molar-refractivity contribution in [3.63, 3.8) is 0 Å². The van der Waals surface area contributed by atoms with Crippen molar-refractivity contribution in [2.24, 2.45) is 4.99 Å². The SMILES string of the molecule is CCOC(=O)C1=C(C)N=c2s/c(=C\c3ccc(-c4cc([N+](=O)[O-])ccc4Cl)o3)c(=O)n2[C@@H]1c1ccccc1. The van der Waals surface area contributed by atoms with E-state index in [9.17, 15) is 19.7 Å². The Morgan fingerprint density at radius 3 is 2.71 bits per heavy atom. The molecule has 0 amide bonds. The van der Waals surface area contributed by atoms with Gasteiger partial charge in [0.1, 0.15) is 11.5 Å². The molecule has 192 valence electrons. The largest absolute Gasteiger partial charge is 0.463 e. The zero-order valence-corrected chi connectivity index (χ0v) is 21.8. The molecule has 0 fully saturated rings. The topological polar surface area (TPSA) is 117 Å². The summed E-state index contributed by atoms with van der Waals surface area (Å²) in [6.07, 6.45) is 1.57. The lowest BCUT2D eigenvalue weighted by molar-refractivity contribution is -0.384. The van der Waals surface area contributed by atoms with Gasteiger partial charge in [-0.05, 0) is 37.6 Å². The van der Waals surface area contributed by atoms with Crippen LogP contribution < -0.4 is 14.9 Å². The second kappa shape index (κ2) is 10.2. The fourth-order valence-corrected chi connectivity index (χ4v) is 5.50. The summed E-state index contributed by atoms with van der Waals surface area (Å²) in [4.78, 5) is 42.2. The van der Waals surface area contributed by atoms with E-state index in [-0.39, 0.29) is 17.9 Å². The van der Waals surface area contributed by atoms with Gasteiger partial charge in [-0.2, -0.15) is 0 Å². The number of furan rings is 1. The highest BCUT2D eigenvalue weighted by Crippen LogP contribution is 2.33. The molecule has 0 N–H and O–H groups in total. The highest BCUT2D eigenvalue weighted by atomic mass is 35.5. The molecule has 9 nitrogen and oxygen atoms in total. The van der Waals surface area contributed by atoms with E-state index in [1.54, 1.807) is 32.1 Å². The summed E-state index contributed by atoms with van der Waals surface area (Å²) in [5.74, 6) is 0.146. The van der Waals surface area contributed by atoms with Crippen LogP contribution in [0.3, 0.4) is 0 Å². The average molecular weight is 550 g/mol. The van der Waals surface area contributed by atoms with Crippen molar-refractivity contribution < 1.29 is 18.9 Å². The first kappa shape index (κ1) is 25.4. The Bertz CT molecular complexity index is 1780. The molecule has 0 radical (unpaired) electrons. The maximum Gasteiger partial charge on any atom is 0.338 e. The van der Waals surface area contributed by atoms with E-state index in [4.69, 9.17) is 20.8 Å². The molecule has 0 aliphatic carbocycles. The van der Waals surface area contributed by atoms with Gasteiger partial charge in [-0.25, -0.2) is 9.79 Å². The number of aromatic nitrogens is 1. The van der Waals surface area contributed by atoms with Crippen LogP contribution in [0.5, 0.6) is 0 Å². The molecule has 2 aromatic carbocycles. The van der Waals surface area contributed by atoms with Crippen LogP contribution in [-0.2, 0) is 9.53 Å². The highest BCUT2D eigenvalue weighted by Gasteiger charge is 2.33. The first-order valence-corrected chi connectivity index (χ1v) is 12.8. The van der Waals surface area contributed by atoms with E-state index in [2.05, 4.69) is 4.99 Å².